The third-order valence-electron chi connectivity index (χ3n) is 5.92. The molecule has 4 atom stereocenters. The lowest BCUT2D eigenvalue weighted by Gasteiger charge is -2.43. The molecule has 2 aromatic rings. The molecule has 0 radical (unpaired) electrons. The van der Waals surface area contributed by atoms with Crippen LogP contribution in [-0.4, -0.2) is 23.5 Å². The molecule has 1 aliphatic carbocycles. The van der Waals surface area contributed by atoms with E-state index < -0.39 is 0 Å². The minimum atomic E-state index is 0.0773. The monoisotopic (exact) mass is 382 g/mol. The SMILES string of the molecule is Cc1ccccc1Sc1cncc(C2CCC3C(=O)NNC(CN)C3C2)c1. The predicted octanol–water partition coefficient (Wildman–Crippen LogP) is 3.00. The van der Waals surface area contributed by atoms with Crippen LogP contribution < -0.4 is 16.6 Å². The molecule has 4 unspecified atom stereocenters. The standard InChI is InChI=1S/C21H26N4OS/c1-13-4-2-3-5-20(13)27-16-8-15(11-23-12-16)14-6-7-17-18(9-14)19(10-22)24-25-21(17)26/h2-5,8,11-12,14,17-19,24H,6-7,9-10,22H2,1H3,(H,25,26). The van der Waals surface area contributed by atoms with Crippen molar-refractivity contribution in [2.75, 3.05) is 6.54 Å². The number of hydrogen-bond acceptors (Lipinski definition) is 5. The van der Waals surface area contributed by atoms with Crippen LogP contribution in [0.2, 0.25) is 0 Å². The number of nitrogens with one attached hydrogen (secondary N) is 2. The Morgan fingerprint density at radius 3 is 2.93 bits per heavy atom. The van der Waals surface area contributed by atoms with Crippen molar-refractivity contribution in [2.24, 2.45) is 17.6 Å². The maximum atomic E-state index is 12.2. The van der Waals surface area contributed by atoms with Crippen LogP contribution in [0.15, 0.2) is 52.5 Å². The number of hydrazine groups is 1. The maximum Gasteiger partial charge on any atom is 0.237 e. The molecule has 1 aromatic carbocycles. The van der Waals surface area contributed by atoms with Crippen LogP contribution in [0.1, 0.15) is 36.3 Å². The average Bonchev–Trinajstić information content (AvgIpc) is 2.70. The van der Waals surface area contributed by atoms with E-state index in [1.54, 1.807) is 11.8 Å². The fraction of sp³-hybridized carbons (Fsp3) is 0.429. The molecule has 6 heteroatoms. The second kappa shape index (κ2) is 8.00. The van der Waals surface area contributed by atoms with Gasteiger partial charge in [-0.05, 0) is 61.3 Å². The number of aromatic nitrogens is 1. The molecule has 1 amide bonds. The summed E-state index contributed by atoms with van der Waals surface area (Å²) in [5, 5.41) is 0. The second-order valence-corrected chi connectivity index (χ2v) is 8.69. The molecule has 4 N–H and O–H groups in total. The zero-order valence-corrected chi connectivity index (χ0v) is 16.3. The Bertz CT molecular complexity index is 827. The van der Waals surface area contributed by atoms with Gasteiger partial charge in [-0.15, -0.1) is 0 Å². The molecular weight excluding hydrogens is 356 g/mol. The lowest BCUT2D eigenvalue weighted by molar-refractivity contribution is -0.133. The first kappa shape index (κ1) is 18.5. The van der Waals surface area contributed by atoms with Gasteiger partial charge in [0.15, 0.2) is 0 Å². The third-order valence-corrected chi connectivity index (χ3v) is 7.05. The number of carbonyl (C=O) groups excluding carboxylic acids is 1. The number of hydrogen-bond donors (Lipinski definition) is 3. The molecule has 1 aliphatic heterocycles. The largest absolute Gasteiger partial charge is 0.329 e. The topological polar surface area (TPSA) is 80.0 Å². The van der Waals surface area contributed by atoms with Gasteiger partial charge in [-0.1, -0.05) is 30.0 Å². The summed E-state index contributed by atoms with van der Waals surface area (Å²) in [6, 6.07) is 10.8. The summed E-state index contributed by atoms with van der Waals surface area (Å²) in [5.41, 5.74) is 14.4. The van der Waals surface area contributed by atoms with E-state index in [0.29, 0.717) is 12.5 Å². The van der Waals surface area contributed by atoms with E-state index in [4.69, 9.17) is 5.73 Å². The molecule has 1 saturated heterocycles. The van der Waals surface area contributed by atoms with E-state index in [0.717, 1.165) is 19.3 Å². The Balaban J connectivity index is 1.52. The highest BCUT2D eigenvalue weighted by molar-refractivity contribution is 7.99. The molecule has 4 rings (SSSR count). The van der Waals surface area contributed by atoms with Crippen molar-refractivity contribution < 1.29 is 4.79 Å². The highest BCUT2D eigenvalue weighted by Crippen LogP contribution is 2.42. The van der Waals surface area contributed by atoms with Crippen molar-refractivity contribution in [3.05, 3.63) is 53.9 Å². The number of nitrogens with two attached hydrogens (primary N) is 1. The van der Waals surface area contributed by atoms with Crippen molar-refractivity contribution in [1.29, 1.82) is 0 Å². The molecule has 1 saturated carbocycles. The van der Waals surface area contributed by atoms with Crippen molar-refractivity contribution in [2.45, 2.75) is 47.9 Å². The first-order valence-electron chi connectivity index (χ1n) is 9.59. The van der Waals surface area contributed by atoms with Gasteiger partial charge in [-0.2, -0.15) is 0 Å². The van der Waals surface area contributed by atoms with E-state index in [-0.39, 0.29) is 23.8 Å². The molecule has 142 valence electrons. The Hall–Kier alpha value is -1.89. The van der Waals surface area contributed by atoms with Gasteiger partial charge in [0.25, 0.3) is 0 Å². The van der Waals surface area contributed by atoms with E-state index in [9.17, 15) is 4.79 Å². The normalized spacial score (nSPS) is 27.7. The molecule has 0 spiro atoms. The number of aryl methyl sites for hydroxylation is 1. The first-order chi connectivity index (χ1) is 13.2. The summed E-state index contributed by atoms with van der Waals surface area (Å²) < 4.78 is 0. The number of benzene rings is 1. The van der Waals surface area contributed by atoms with Crippen molar-refractivity contribution >= 4 is 17.7 Å². The van der Waals surface area contributed by atoms with Gasteiger partial charge in [-0.25, -0.2) is 5.43 Å². The molecule has 0 bridgehead atoms. The minimum absolute atomic E-state index is 0.0773. The molecular formula is C21H26N4OS. The molecule has 2 fully saturated rings. The zero-order chi connectivity index (χ0) is 18.8. The number of fused-ring (bicyclic) bond motifs is 1. The lowest BCUT2D eigenvalue weighted by atomic mass is 9.68. The van der Waals surface area contributed by atoms with Crippen LogP contribution in [-0.2, 0) is 4.79 Å². The highest BCUT2D eigenvalue weighted by Gasteiger charge is 2.42. The Morgan fingerprint density at radius 2 is 2.11 bits per heavy atom. The molecule has 27 heavy (non-hydrogen) atoms. The van der Waals surface area contributed by atoms with Crippen LogP contribution >= 0.6 is 11.8 Å². The summed E-state index contributed by atoms with van der Waals surface area (Å²) in [6.07, 6.45) is 6.83. The molecule has 2 heterocycles. The highest BCUT2D eigenvalue weighted by atomic mass is 32.2. The number of amides is 1. The summed E-state index contributed by atoms with van der Waals surface area (Å²) in [6.45, 7) is 2.67. The van der Waals surface area contributed by atoms with Gasteiger partial charge in [0, 0.05) is 40.7 Å². The fourth-order valence-electron chi connectivity index (χ4n) is 4.39. The first-order valence-corrected chi connectivity index (χ1v) is 10.4. The number of rotatable bonds is 4. The van der Waals surface area contributed by atoms with Gasteiger partial charge in [-0.3, -0.25) is 15.2 Å². The summed E-state index contributed by atoms with van der Waals surface area (Å²) in [4.78, 5) is 19.1. The van der Waals surface area contributed by atoms with Gasteiger partial charge < -0.3 is 5.73 Å². The van der Waals surface area contributed by atoms with Gasteiger partial charge >= 0.3 is 0 Å². The van der Waals surface area contributed by atoms with Crippen LogP contribution in [0.25, 0.3) is 0 Å². The second-order valence-electron chi connectivity index (χ2n) is 7.58. The Labute approximate surface area is 164 Å². The van der Waals surface area contributed by atoms with Gasteiger partial charge in [0.05, 0.1) is 0 Å². The number of carbonyl (C=O) groups is 1. The smallest absolute Gasteiger partial charge is 0.237 e. The maximum absolute atomic E-state index is 12.2. The lowest BCUT2D eigenvalue weighted by Crippen LogP contribution is -2.62. The van der Waals surface area contributed by atoms with E-state index in [1.165, 1.54) is 20.9 Å². The van der Waals surface area contributed by atoms with Crippen molar-refractivity contribution in [3.63, 3.8) is 0 Å². The van der Waals surface area contributed by atoms with E-state index in [2.05, 4.69) is 53.1 Å². The van der Waals surface area contributed by atoms with E-state index >= 15 is 0 Å². The van der Waals surface area contributed by atoms with Crippen molar-refractivity contribution in [1.82, 2.24) is 15.8 Å². The zero-order valence-electron chi connectivity index (χ0n) is 15.5. The number of pyridine rings is 1. The van der Waals surface area contributed by atoms with Crippen LogP contribution in [0.4, 0.5) is 0 Å². The third kappa shape index (κ3) is 3.88. The molecule has 5 nitrogen and oxygen atoms in total. The van der Waals surface area contributed by atoms with Crippen LogP contribution in [0.5, 0.6) is 0 Å². The predicted molar refractivity (Wildman–Crippen MR) is 107 cm³/mol. The Morgan fingerprint density at radius 1 is 1.26 bits per heavy atom. The molecule has 1 aromatic heterocycles. The summed E-state index contributed by atoms with van der Waals surface area (Å²) in [7, 11) is 0. The van der Waals surface area contributed by atoms with Gasteiger partial charge in [0.1, 0.15) is 0 Å². The summed E-state index contributed by atoms with van der Waals surface area (Å²) in [5.74, 6) is 0.909. The molecule has 2 aliphatic rings. The number of nitrogens with zero attached hydrogens (tertiary/aromatic N) is 1. The average molecular weight is 383 g/mol. The van der Waals surface area contributed by atoms with Gasteiger partial charge in [0.2, 0.25) is 5.91 Å². The Kier molecular flexibility index (Phi) is 5.48. The quantitative estimate of drug-likeness (QED) is 0.757. The van der Waals surface area contributed by atoms with E-state index in [1.807, 2.05) is 12.4 Å². The van der Waals surface area contributed by atoms with Crippen LogP contribution in [0.3, 0.4) is 0 Å². The van der Waals surface area contributed by atoms with Crippen LogP contribution in [0, 0.1) is 18.8 Å². The van der Waals surface area contributed by atoms with Crippen molar-refractivity contribution in [3.8, 4) is 0 Å². The fourth-order valence-corrected chi connectivity index (χ4v) is 5.33. The summed E-state index contributed by atoms with van der Waals surface area (Å²) >= 11 is 1.76. The minimum Gasteiger partial charge on any atom is -0.329 e.